The van der Waals surface area contributed by atoms with Crippen LogP contribution < -0.4 is 10.9 Å². The summed E-state index contributed by atoms with van der Waals surface area (Å²) in [4.78, 5) is 35.8. The van der Waals surface area contributed by atoms with Gasteiger partial charge >= 0.3 is 5.97 Å². The molecule has 0 aliphatic rings. The van der Waals surface area contributed by atoms with Crippen LogP contribution in [0.15, 0.2) is 47.3 Å². The minimum atomic E-state index is -0.786. The lowest BCUT2D eigenvalue weighted by Crippen LogP contribution is -2.31. The van der Waals surface area contributed by atoms with Gasteiger partial charge < -0.3 is 10.1 Å². The summed E-state index contributed by atoms with van der Waals surface area (Å²) in [6.07, 6.45) is -0.243. The van der Waals surface area contributed by atoms with Crippen LogP contribution in [-0.2, 0) is 20.7 Å². The van der Waals surface area contributed by atoms with Gasteiger partial charge in [-0.1, -0.05) is 24.3 Å². The monoisotopic (exact) mass is 401 g/mol. The third-order valence-corrected chi connectivity index (χ3v) is 4.26. The van der Waals surface area contributed by atoms with Crippen LogP contribution in [-0.4, -0.2) is 28.7 Å². The molecule has 1 aromatic heterocycles. The zero-order valence-electron chi connectivity index (χ0n) is 15.4. The number of esters is 1. The fourth-order valence-corrected chi connectivity index (χ4v) is 2.85. The summed E-state index contributed by atoms with van der Waals surface area (Å²) in [5.74, 6) is -2.87. The van der Waals surface area contributed by atoms with E-state index in [-0.39, 0.29) is 17.5 Å². The topological polar surface area (TPSA) is 101 Å². The average Bonchev–Trinajstić information content (AvgIpc) is 2.68. The molecule has 0 aliphatic carbocycles. The summed E-state index contributed by atoms with van der Waals surface area (Å²) < 4.78 is 31.7. The van der Waals surface area contributed by atoms with Crippen molar-refractivity contribution in [3.63, 3.8) is 0 Å². The number of H-pyrrole nitrogens is 1. The van der Waals surface area contributed by atoms with Crippen molar-refractivity contribution < 1.29 is 23.1 Å². The van der Waals surface area contributed by atoms with E-state index in [9.17, 15) is 23.2 Å². The van der Waals surface area contributed by atoms with Crippen molar-refractivity contribution in [3.8, 4) is 0 Å². The quantitative estimate of drug-likeness (QED) is 0.617. The molecule has 0 radical (unpaired) electrons. The third-order valence-electron chi connectivity index (χ3n) is 4.26. The number of aromatic nitrogens is 2. The molecule has 7 nitrogen and oxygen atoms in total. The molecule has 29 heavy (non-hydrogen) atoms. The smallest absolute Gasteiger partial charge is 0.312 e. The Balaban J connectivity index is 1.57. The molecule has 0 saturated carbocycles. The number of nitrogens with zero attached hydrogens (tertiary/aromatic N) is 1. The second kappa shape index (κ2) is 8.59. The summed E-state index contributed by atoms with van der Waals surface area (Å²) in [6, 6.07) is 8.96. The molecule has 0 bridgehead atoms. The Morgan fingerprint density at radius 2 is 1.90 bits per heavy atom. The summed E-state index contributed by atoms with van der Waals surface area (Å²) in [6.45, 7) is 0.944. The lowest BCUT2D eigenvalue weighted by molar-refractivity contribution is -0.148. The van der Waals surface area contributed by atoms with E-state index in [0.717, 1.165) is 12.1 Å². The van der Waals surface area contributed by atoms with Crippen LogP contribution in [0, 0.1) is 11.6 Å². The second-order valence-electron chi connectivity index (χ2n) is 6.34. The maximum atomic E-state index is 13.8. The van der Waals surface area contributed by atoms with Gasteiger partial charge in [-0.3, -0.25) is 14.4 Å². The number of fused-ring (bicyclic) bond motifs is 1. The average molecular weight is 401 g/mol. The van der Waals surface area contributed by atoms with Gasteiger partial charge in [-0.15, -0.1) is 0 Å². The third kappa shape index (κ3) is 4.81. The number of ether oxygens (including phenoxy) is 1. The molecule has 3 aromatic rings. The number of rotatable bonds is 6. The number of benzene rings is 2. The number of halogens is 2. The number of carbonyl (C=O) groups excluding carboxylic acids is 2. The molecule has 150 valence electrons. The number of aromatic amines is 1. The molecular formula is C20H17F2N3O4. The van der Waals surface area contributed by atoms with Gasteiger partial charge in [-0.05, 0) is 19.1 Å². The van der Waals surface area contributed by atoms with Crippen LogP contribution in [0.5, 0.6) is 0 Å². The normalized spacial score (nSPS) is 11.8. The van der Waals surface area contributed by atoms with E-state index in [0.29, 0.717) is 16.5 Å². The van der Waals surface area contributed by atoms with Crippen molar-refractivity contribution in [1.82, 2.24) is 15.5 Å². The maximum Gasteiger partial charge on any atom is 0.312 e. The Bertz CT molecular complexity index is 1130. The first-order chi connectivity index (χ1) is 13.8. The fraction of sp³-hybridized carbons (Fsp3) is 0.200. The molecule has 2 N–H and O–H groups in total. The highest BCUT2D eigenvalue weighted by Gasteiger charge is 2.17. The molecule has 2 aromatic carbocycles. The van der Waals surface area contributed by atoms with Crippen LogP contribution in [0.1, 0.15) is 24.2 Å². The highest BCUT2D eigenvalue weighted by atomic mass is 19.1. The fourth-order valence-electron chi connectivity index (χ4n) is 2.85. The van der Waals surface area contributed by atoms with Crippen molar-refractivity contribution >= 4 is 22.6 Å². The molecule has 1 heterocycles. The number of carbonyl (C=O) groups is 2. The van der Waals surface area contributed by atoms with E-state index in [1.54, 1.807) is 24.3 Å². The Labute approximate surface area is 163 Å². The summed E-state index contributed by atoms with van der Waals surface area (Å²) in [5.41, 5.74) is 0.0430. The van der Waals surface area contributed by atoms with Gasteiger partial charge in [0.05, 0.1) is 23.5 Å². The molecule has 0 saturated heterocycles. The Morgan fingerprint density at radius 1 is 1.17 bits per heavy atom. The summed E-state index contributed by atoms with van der Waals surface area (Å²) in [5, 5.41) is 9.55. The molecule has 3 rings (SSSR count). The van der Waals surface area contributed by atoms with E-state index in [4.69, 9.17) is 4.74 Å². The van der Waals surface area contributed by atoms with Crippen LogP contribution in [0.4, 0.5) is 8.78 Å². The highest BCUT2D eigenvalue weighted by Crippen LogP contribution is 2.17. The molecule has 9 heteroatoms. The number of hydrogen-bond donors (Lipinski definition) is 2. The van der Waals surface area contributed by atoms with Crippen molar-refractivity contribution in [2.75, 3.05) is 6.61 Å². The van der Waals surface area contributed by atoms with Gasteiger partial charge in [0, 0.05) is 17.0 Å². The maximum absolute atomic E-state index is 13.8. The SMILES string of the molecule is C[C@@H](NC(=O)COC(=O)Cc1n[nH]c(=O)c2ccccc12)c1ccc(F)cc1F. The van der Waals surface area contributed by atoms with Gasteiger partial charge in [0.1, 0.15) is 11.6 Å². The first kappa shape index (κ1) is 20.1. The Hall–Kier alpha value is -3.62. The molecule has 0 aliphatic heterocycles. The zero-order valence-corrected chi connectivity index (χ0v) is 15.4. The van der Waals surface area contributed by atoms with E-state index in [1.165, 1.54) is 13.0 Å². The van der Waals surface area contributed by atoms with Gasteiger partial charge in [-0.2, -0.15) is 5.10 Å². The first-order valence-corrected chi connectivity index (χ1v) is 8.71. The molecule has 0 unspecified atom stereocenters. The molecule has 1 atom stereocenters. The molecule has 0 spiro atoms. The Kier molecular flexibility index (Phi) is 5.96. The predicted molar refractivity (Wildman–Crippen MR) is 99.9 cm³/mol. The number of amides is 1. The molecule has 0 fully saturated rings. The van der Waals surface area contributed by atoms with Crippen molar-refractivity contribution in [1.29, 1.82) is 0 Å². The van der Waals surface area contributed by atoms with Gasteiger partial charge in [-0.25, -0.2) is 13.9 Å². The largest absolute Gasteiger partial charge is 0.455 e. The first-order valence-electron chi connectivity index (χ1n) is 8.71. The van der Waals surface area contributed by atoms with E-state index >= 15 is 0 Å². The Morgan fingerprint density at radius 3 is 2.62 bits per heavy atom. The van der Waals surface area contributed by atoms with Gasteiger partial charge in [0.15, 0.2) is 6.61 Å². The summed E-state index contributed by atoms with van der Waals surface area (Å²) >= 11 is 0. The molecular weight excluding hydrogens is 384 g/mol. The van der Waals surface area contributed by atoms with Crippen molar-refractivity contribution in [2.24, 2.45) is 0 Å². The van der Waals surface area contributed by atoms with Gasteiger partial charge in [0.25, 0.3) is 11.5 Å². The highest BCUT2D eigenvalue weighted by molar-refractivity contribution is 5.87. The predicted octanol–water partition coefficient (Wildman–Crippen LogP) is 2.16. The minimum absolute atomic E-state index is 0.106. The lowest BCUT2D eigenvalue weighted by atomic mass is 10.1. The standard InChI is InChI=1S/C20H17F2N3O4/c1-11(13-7-6-12(21)8-16(13)22)23-18(26)10-29-19(27)9-17-14-4-2-3-5-15(14)20(28)25-24-17/h2-8,11H,9-10H2,1H3,(H,23,26)(H,25,28)/t11-/m1/s1. The van der Waals surface area contributed by atoms with Crippen LogP contribution in [0.2, 0.25) is 0 Å². The zero-order chi connectivity index (χ0) is 21.0. The van der Waals surface area contributed by atoms with Crippen LogP contribution >= 0.6 is 0 Å². The lowest BCUT2D eigenvalue weighted by Gasteiger charge is -2.15. The van der Waals surface area contributed by atoms with E-state index < -0.39 is 36.2 Å². The van der Waals surface area contributed by atoms with Crippen molar-refractivity contribution in [2.45, 2.75) is 19.4 Å². The van der Waals surface area contributed by atoms with Gasteiger partial charge in [0.2, 0.25) is 0 Å². The van der Waals surface area contributed by atoms with Crippen LogP contribution in [0.3, 0.4) is 0 Å². The van der Waals surface area contributed by atoms with Crippen LogP contribution in [0.25, 0.3) is 10.8 Å². The minimum Gasteiger partial charge on any atom is -0.455 e. The second-order valence-corrected chi connectivity index (χ2v) is 6.34. The number of nitrogens with one attached hydrogen (secondary N) is 2. The van der Waals surface area contributed by atoms with E-state index in [1.807, 2.05) is 0 Å². The van der Waals surface area contributed by atoms with E-state index in [2.05, 4.69) is 15.5 Å². The number of hydrogen-bond acceptors (Lipinski definition) is 5. The summed E-state index contributed by atoms with van der Waals surface area (Å²) in [7, 11) is 0. The van der Waals surface area contributed by atoms with Crippen molar-refractivity contribution in [3.05, 3.63) is 75.7 Å². The molecule has 1 amide bonds.